The molecule has 0 aliphatic heterocycles. The Hall–Kier alpha value is -1.55. The second kappa shape index (κ2) is 8.59. The number of esters is 2. The van der Waals surface area contributed by atoms with Crippen molar-refractivity contribution in [3.63, 3.8) is 0 Å². The molecular weight excluding hydrogens is 280 g/mol. The molecule has 0 aliphatic rings. The average Bonchev–Trinajstić information content (AvgIpc) is 2.45. The maximum absolute atomic E-state index is 11.6. The lowest BCUT2D eigenvalue weighted by Gasteiger charge is -2.09. The van der Waals surface area contributed by atoms with E-state index in [0.29, 0.717) is 31.6 Å². The van der Waals surface area contributed by atoms with Gasteiger partial charge in [0.2, 0.25) is 0 Å². The van der Waals surface area contributed by atoms with Gasteiger partial charge in [0.05, 0.1) is 18.8 Å². The molecule has 0 heterocycles. The SMILES string of the molecule is CCOC(=O)CCc1ccc(C(=O)OCC)cc1CCl. The number of hydrogen-bond donors (Lipinski definition) is 0. The molecule has 20 heavy (non-hydrogen) atoms. The van der Waals surface area contributed by atoms with Crippen molar-refractivity contribution in [2.45, 2.75) is 32.6 Å². The summed E-state index contributed by atoms with van der Waals surface area (Å²) in [6, 6.07) is 5.21. The van der Waals surface area contributed by atoms with Crippen LogP contribution in [0.1, 0.15) is 41.8 Å². The molecule has 0 N–H and O–H groups in total. The Morgan fingerprint density at radius 3 is 2.40 bits per heavy atom. The van der Waals surface area contributed by atoms with E-state index in [-0.39, 0.29) is 17.8 Å². The smallest absolute Gasteiger partial charge is 0.338 e. The molecule has 0 spiro atoms. The molecule has 5 heteroatoms. The highest BCUT2D eigenvalue weighted by molar-refractivity contribution is 6.17. The fourth-order valence-electron chi connectivity index (χ4n) is 1.81. The normalized spacial score (nSPS) is 10.2. The van der Waals surface area contributed by atoms with Crippen LogP contribution in [0, 0.1) is 0 Å². The Kier molecular flexibility index (Phi) is 7.09. The summed E-state index contributed by atoms with van der Waals surface area (Å²) in [6.45, 7) is 4.24. The Morgan fingerprint density at radius 1 is 1.10 bits per heavy atom. The van der Waals surface area contributed by atoms with Gasteiger partial charge in [0.1, 0.15) is 0 Å². The van der Waals surface area contributed by atoms with Crippen LogP contribution >= 0.6 is 11.6 Å². The topological polar surface area (TPSA) is 52.6 Å². The van der Waals surface area contributed by atoms with E-state index in [4.69, 9.17) is 21.1 Å². The number of hydrogen-bond acceptors (Lipinski definition) is 4. The number of carbonyl (C=O) groups is 2. The predicted molar refractivity (Wildman–Crippen MR) is 76.9 cm³/mol. The van der Waals surface area contributed by atoms with Gasteiger partial charge in [-0.05, 0) is 43.5 Å². The summed E-state index contributed by atoms with van der Waals surface area (Å²) in [6.07, 6.45) is 0.848. The molecule has 0 aliphatic carbocycles. The van der Waals surface area contributed by atoms with Crippen molar-refractivity contribution in [1.29, 1.82) is 0 Å². The van der Waals surface area contributed by atoms with Gasteiger partial charge in [0.25, 0.3) is 0 Å². The lowest BCUT2D eigenvalue weighted by Crippen LogP contribution is -2.08. The Balaban J connectivity index is 2.77. The third-order valence-corrected chi connectivity index (χ3v) is 3.05. The van der Waals surface area contributed by atoms with Gasteiger partial charge in [0, 0.05) is 12.3 Å². The highest BCUT2D eigenvalue weighted by atomic mass is 35.5. The van der Waals surface area contributed by atoms with Gasteiger partial charge in [0.15, 0.2) is 0 Å². The van der Waals surface area contributed by atoms with E-state index in [9.17, 15) is 9.59 Å². The molecule has 0 unspecified atom stereocenters. The molecule has 0 atom stereocenters. The van der Waals surface area contributed by atoms with Crippen molar-refractivity contribution in [1.82, 2.24) is 0 Å². The van der Waals surface area contributed by atoms with E-state index in [1.54, 1.807) is 26.0 Å². The van der Waals surface area contributed by atoms with E-state index in [1.807, 2.05) is 6.07 Å². The fraction of sp³-hybridized carbons (Fsp3) is 0.467. The van der Waals surface area contributed by atoms with Crippen molar-refractivity contribution in [3.05, 3.63) is 34.9 Å². The Bertz CT molecular complexity index is 471. The minimum Gasteiger partial charge on any atom is -0.466 e. The van der Waals surface area contributed by atoms with Gasteiger partial charge in [-0.2, -0.15) is 0 Å². The molecule has 0 saturated carbocycles. The number of halogens is 1. The van der Waals surface area contributed by atoms with Crippen LogP contribution in [0.2, 0.25) is 0 Å². The molecule has 1 aromatic carbocycles. The van der Waals surface area contributed by atoms with Crippen LogP contribution < -0.4 is 0 Å². The van der Waals surface area contributed by atoms with Crippen LogP contribution in [0.15, 0.2) is 18.2 Å². The molecule has 4 nitrogen and oxygen atoms in total. The second-order valence-electron chi connectivity index (χ2n) is 4.14. The van der Waals surface area contributed by atoms with E-state index in [2.05, 4.69) is 0 Å². The van der Waals surface area contributed by atoms with Crippen molar-refractivity contribution in [3.8, 4) is 0 Å². The number of carbonyl (C=O) groups excluding carboxylic acids is 2. The molecule has 1 aromatic rings. The number of alkyl halides is 1. The zero-order valence-electron chi connectivity index (χ0n) is 11.8. The Morgan fingerprint density at radius 2 is 1.80 bits per heavy atom. The number of aryl methyl sites for hydroxylation is 1. The minimum absolute atomic E-state index is 0.234. The maximum atomic E-state index is 11.6. The van der Waals surface area contributed by atoms with E-state index in [1.165, 1.54) is 0 Å². The van der Waals surface area contributed by atoms with Gasteiger partial charge in [-0.15, -0.1) is 11.6 Å². The molecule has 110 valence electrons. The minimum atomic E-state index is -0.365. The van der Waals surface area contributed by atoms with Gasteiger partial charge in [-0.1, -0.05) is 6.07 Å². The molecule has 0 amide bonds. The van der Waals surface area contributed by atoms with Gasteiger partial charge in [-0.25, -0.2) is 4.79 Å². The van der Waals surface area contributed by atoms with Crippen molar-refractivity contribution in [2.75, 3.05) is 13.2 Å². The Labute approximate surface area is 124 Å². The van der Waals surface area contributed by atoms with Crippen LogP contribution in [-0.4, -0.2) is 25.2 Å². The average molecular weight is 299 g/mol. The molecular formula is C15H19ClO4. The first-order chi connectivity index (χ1) is 9.62. The van der Waals surface area contributed by atoms with Crippen LogP contribution in [0.5, 0.6) is 0 Å². The molecule has 0 bridgehead atoms. The molecule has 0 saturated heterocycles. The monoisotopic (exact) mass is 298 g/mol. The number of rotatable bonds is 7. The summed E-state index contributed by atoms with van der Waals surface area (Å²) in [5.74, 6) is -0.316. The first kappa shape index (κ1) is 16.5. The molecule has 0 radical (unpaired) electrons. The summed E-state index contributed by atoms with van der Waals surface area (Å²) in [5, 5.41) is 0. The van der Waals surface area contributed by atoms with Crippen molar-refractivity contribution in [2.24, 2.45) is 0 Å². The summed E-state index contributed by atoms with van der Waals surface area (Å²) < 4.78 is 9.83. The molecule has 1 rings (SSSR count). The molecule has 0 fully saturated rings. The largest absolute Gasteiger partial charge is 0.466 e. The number of ether oxygens (including phenoxy) is 2. The third kappa shape index (κ3) is 4.85. The predicted octanol–water partition coefficient (Wildman–Crippen LogP) is 3.10. The molecule has 0 aromatic heterocycles. The van der Waals surface area contributed by atoms with Gasteiger partial charge < -0.3 is 9.47 Å². The van der Waals surface area contributed by atoms with Gasteiger partial charge in [-0.3, -0.25) is 4.79 Å². The third-order valence-electron chi connectivity index (χ3n) is 2.77. The summed E-state index contributed by atoms with van der Waals surface area (Å²) in [7, 11) is 0. The van der Waals surface area contributed by atoms with Crippen LogP contribution in [0.25, 0.3) is 0 Å². The maximum Gasteiger partial charge on any atom is 0.338 e. The standard InChI is InChI=1S/C15H19ClO4/c1-3-19-14(17)8-7-11-5-6-12(9-13(11)10-16)15(18)20-4-2/h5-6,9H,3-4,7-8,10H2,1-2H3. The van der Waals surface area contributed by atoms with Gasteiger partial charge >= 0.3 is 11.9 Å². The van der Waals surface area contributed by atoms with E-state index in [0.717, 1.165) is 11.1 Å². The lowest BCUT2D eigenvalue weighted by molar-refractivity contribution is -0.143. The summed E-state index contributed by atoms with van der Waals surface area (Å²) in [4.78, 5) is 23.0. The van der Waals surface area contributed by atoms with Crippen molar-refractivity contribution >= 4 is 23.5 Å². The van der Waals surface area contributed by atoms with Crippen LogP contribution in [-0.2, 0) is 26.6 Å². The van der Waals surface area contributed by atoms with Crippen LogP contribution in [0.3, 0.4) is 0 Å². The van der Waals surface area contributed by atoms with Crippen molar-refractivity contribution < 1.29 is 19.1 Å². The zero-order chi connectivity index (χ0) is 15.0. The number of benzene rings is 1. The fourth-order valence-corrected chi connectivity index (χ4v) is 2.05. The zero-order valence-corrected chi connectivity index (χ0v) is 12.5. The first-order valence-corrected chi connectivity index (χ1v) is 7.16. The quantitative estimate of drug-likeness (QED) is 0.573. The van der Waals surface area contributed by atoms with E-state index >= 15 is 0 Å². The van der Waals surface area contributed by atoms with E-state index < -0.39 is 0 Å². The lowest BCUT2D eigenvalue weighted by atomic mass is 10.0. The first-order valence-electron chi connectivity index (χ1n) is 6.62. The second-order valence-corrected chi connectivity index (χ2v) is 4.41. The summed E-state index contributed by atoms with van der Waals surface area (Å²) in [5.41, 5.74) is 2.25. The highest BCUT2D eigenvalue weighted by Gasteiger charge is 2.11. The summed E-state index contributed by atoms with van der Waals surface area (Å²) >= 11 is 5.89. The van der Waals surface area contributed by atoms with Crippen LogP contribution in [0.4, 0.5) is 0 Å². The highest BCUT2D eigenvalue weighted by Crippen LogP contribution is 2.17.